The molecule has 1 N–H and O–H groups in total. The van der Waals surface area contributed by atoms with Crippen molar-refractivity contribution < 1.29 is 18.0 Å². The molecule has 0 bridgehead atoms. The van der Waals surface area contributed by atoms with Gasteiger partial charge in [0, 0.05) is 24.0 Å². The minimum absolute atomic E-state index is 0.00197. The van der Waals surface area contributed by atoms with E-state index in [1.54, 1.807) is 48.5 Å². The molecule has 1 atom stereocenters. The topological polar surface area (TPSA) is 86.8 Å². The fraction of sp³-hybridized carbons (Fsp3) is 0.278. The van der Waals surface area contributed by atoms with Crippen LogP contribution < -0.4 is 9.62 Å². The third-order valence-electron chi connectivity index (χ3n) is 8.27. The SMILES string of the molecule is O=C(NC1CCCCC1)[C@@H](Cc1ccccc1)N(Cc1cccc(Cl)c1)C(=O)CN(c1cccc(Cl)c1Cl)S(=O)(=O)c1ccccc1. The van der Waals surface area contributed by atoms with Crippen LogP contribution >= 0.6 is 34.8 Å². The molecule has 0 saturated heterocycles. The molecule has 5 rings (SSSR count). The number of nitrogens with one attached hydrogen (secondary N) is 1. The molecule has 4 aromatic rings. The Labute approximate surface area is 291 Å². The Morgan fingerprint density at radius 2 is 1.43 bits per heavy atom. The number of hydrogen-bond acceptors (Lipinski definition) is 4. The number of hydrogen-bond donors (Lipinski definition) is 1. The van der Waals surface area contributed by atoms with Crippen molar-refractivity contribution >= 4 is 62.3 Å². The van der Waals surface area contributed by atoms with E-state index >= 15 is 0 Å². The van der Waals surface area contributed by atoms with E-state index in [0.717, 1.165) is 42.0 Å². The number of carbonyl (C=O) groups excluding carboxylic acids is 2. The molecule has 1 aliphatic rings. The van der Waals surface area contributed by atoms with Crippen LogP contribution in [0.5, 0.6) is 0 Å². The van der Waals surface area contributed by atoms with Gasteiger partial charge in [0.15, 0.2) is 0 Å². The second-order valence-corrected chi connectivity index (χ2v) is 14.7. The molecule has 1 aliphatic carbocycles. The van der Waals surface area contributed by atoms with Crippen molar-refractivity contribution in [2.24, 2.45) is 0 Å². The molecule has 0 radical (unpaired) electrons. The summed E-state index contributed by atoms with van der Waals surface area (Å²) in [4.78, 5) is 30.3. The predicted octanol–water partition coefficient (Wildman–Crippen LogP) is 7.93. The summed E-state index contributed by atoms with van der Waals surface area (Å²) < 4.78 is 29.3. The van der Waals surface area contributed by atoms with Crippen molar-refractivity contribution in [2.75, 3.05) is 10.8 Å². The summed E-state index contributed by atoms with van der Waals surface area (Å²) in [5.74, 6) is -0.894. The van der Waals surface area contributed by atoms with Gasteiger partial charge in [-0.05, 0) is 60.4 Å². The van der Waals surface area contributed by atoms with Crippen molar-refractivity contribution in [1.82, 2.24) is 10.2 Å². The molecule has 0 aromatic heterocycles. The molecule has 0 unspecified atom stereocenters. The van der Waals surface area contributed by atoms with Crippen LogP contribution in [-0.4, -0.2) is 43.8 Å². The minimum atomic E-state index is -4.31. The maximum atomic E-state index is 14.6. The number of nitrogens with zero attached hydrogens (tertiary/aromatic N) is 2. The van der Waals surface area contributed by atoms with E-state index in [2.05, 4.69) is 5.32 Å². The Bertz CT molecular complexity index is 1790. The maximum Gasteiger partial charge on any atom is 0.264 e. The molecule has 4 aromatic carbocycles. The Morgan fingerprint density at radius 3 is 2.11 bits per heavy atom. The lowest BCUT2D eigenvalue weighted by atomic mass is 9.94. The first-order valence-corrected chi connectivity index (χ1v) is 18.1. The van der Waals surface area contributed by atoms with E-state index in [0.29, 0.717) is 10.6 Å². The highest BCUT2D eigenvalue weighted by molar-refractivity contribution is 7.92. The Hall–Kier alpha value is -3.56. The number of rotatable bonds is 12. The largest absolute Gasteiger partial charge is 0.352 e. The van der Waals surface area contributed by atoms with Crippen molar-refractivity contribution in [3.8, 4) is 0 Å². The van der Waals surface area contributed by atoms with Crippen molar-refractivity contribution in [3.05, 3.63) is 129 Å². The number of benzene rings is 4. The molecular weight excluding hydrogens is 677 g/mol. The zero-order valence-corrected chi connectivity index (χ0v) is 28.8. The van der Waals surface area contributed by atoms with Gasteiger partial charge in [-0.3, -0.25) is 13.9 Å². The van der Waals surface area contributed by atoms with Crippen LogP contribution in [0.15, 0.2) is 108 Å². The second kappa shape index (κ2) is 16.0. The summed E-state index contributed by atoms with van der Waals surface area (Å²) in [6, 6.07) is 27.9. The molecule has 0 spiro atoms. The lowest BCUT2D eigenvalue weighted by Gasteiger charge is -2.35. The molecule has 1 saturated carbocycles. The van der Waals surface area contributed by atoms with Gasteiger partial charge in [0.1, 0.15) is 12.6 Å². The van der Waals surface area contributed by atoms with E-state index < -0.39 is 28.5 Å². The summed E-state index contributed by atoms with van der Waals surface area (Å²) in [5.41, 5.74) is 1.59. The van der Waals surface area contributed by atoms with Gasteiger partial charge in [0.25, 0.3) is 10.0 Å². The molecule has 7 nitrogen and oxygen atoms in total. The van der Waals surface area contributed by atoms with Crippen LogP contribution in [0, 0.1) is 0 Å². The number of amides is 2. The normalized spacial score (nSPS) is 14.3. The van der Waals surface area contributed by atoms with Crippen LogP contribution in [0.1, 0.15) is 43.2 Å². The summed E-state index contributed by atoms with van der Waals surface area (Å²) >= 11 is 19.3. The molecular formula is C36H36Cl3N3O4S. The smallest absolute Gasteiger partial charge is 0.264 e. The van der Waals surface area contributed by atoms with Gasteiger partial charge in [-0.25, -0.2) is 8.42 Å². The third-order valence-corrected chi connectivity index (χ3v) is 11.1. The zero-order valence-electron chi connectivity index (χ0n) is 25.7. The lowest BCUT2D eigenvalue weighted by molar-refractivity contribution is -0.140. The average Bonchev–Trinajstić information content (AvgIpc) is 3.08. The Kier molecular flexibility index (Phi) is 11.9. The molecule has 246 valence electrons. The van der Waals surface area contributed by atoms with Gasteiger partial charge < -0.3 is 10.2 Å². The second-order valence-electron chi connectivity index (χ2n) is 11.6. The van der Waals surface area contributed by atoms with Crippen LogP contribution in [0.3, 0.4) is 0 Å². The van der Waals surface area contributed by atoms with E-state index in [-0.39, 0.29) is 45.5 Å². The van der Waals surface area contributed by atoms with E-state index in [9.17, 15) is 18.0 Å². The van der Waals surface area contributed by atoms with E-state index in [4.69, 9.17) is 34.8 Å². The summed E-state index contributed by atoms with van der Waals surface area (Å²) in [5, 5.41) is 3.79. The first kappa shape index (κ1) is 34.8. The highest BCUT2D eigenvalue weighted by Crippen LogP contribution is 2.35. The van der Waals surface area contributed by atoms with Crippen LogP contribution in [0.2, 0.25) is 15.1 Å². The van der Waals surface area contributed by atoms with Crippen molar-refractivity contribution in [2.45, 2.75) is 62.0 Å². The van der Waals surface area contributed by atoms with Gasteiger partial charge in [-0.2, -0.15) is 0 Å². The molecule has 47 heavy (non-hydrogen) atoms. The predicted molar refractivity (Wildman–Crippen MR) is 188 cm³/mol. The fourth-order valence-electron chi connectivity index (χ4n) is 5.85. The summed E-state index contributed by atoms with van der Waals surface area (Å²) in [6.07, 6.45) is 5.11. The highest BCUT2D eigenvalue weighted by Gasteiger charge is 2.36. The van der Waals surface area contributed by atoms with Crippen LogP contribution in [-0.2, 0) is 32.6 Å². The van der Waals surface area contributed by atoms with Crippen LogP contribution in [0.25, 0.3) is 0 Å². The van der Waals surface area contributed by atoms with Gasteiger partial charge in [0.2, 0.25) is 11.8 Å². The van der Waals surface area contributed by atoms with Gasteiger partial charge in [0.05, 0.1) is 20.6 Å². The highest BCUT2D eigenvalue weighted by atomic mass is 35.5. The minimum Gasteiger partial charge on any atom is -0.352 e. The lowest BCUT2D eigenvalue weighted by Crippen LogP contribution is -2.55. The molecule has 11 heteroatoms. The van der Waals surface area contributed by atoms with E-state index in [1.165, 1.54) is 23.1 Å². The van der Waals surface area contributed by atoms with Crippen LogP contribution in [0.4, 0.5) is 5.69 Å². The maximum absolute atomic E-state index is 14.6. The standard InChI is InChI=1S/C36H36Cl3N3O4S/c37-28-15-10-14-27(22-28)24-41(33(23-26-12-4-1-5-13-26)36(44)40-29-16-6-2-7-17-29)34(43)25-42(32-21-11-20-31(38)35(32)39)47(45,46)30-18-8-3-9-19-30/h1,3-5,8-15,18-22,29,33H,2,6-7,16-17,23-25H2,(H,40,44)/t33-/m1/s1. The monoisotopic (exact) mass is 711 g/mol. The van der Waals surface area contributed by atoms with Crippen molar-refractivity contribution in [3.63, 3.8) is 0 Å². The molecule has 0 aliphatic heterocycles. The summed E-state index contributed by atoms with van der Waals surface area (Å²) in [6.45, 7) is -0.628. The Morgan fingerprint density at radius 1 is 0.787 bits per heavy atom. The number of carbonyl (C=O) groups is 2. The fourth-order valence-corrected chi connectivity index (χ4v) is 7.96. The Balaban J connectivity index is 1.58. The first-order valence-electron chi connectivity index (χ1n) is 15.5. The third kappa shape index (κ3) is 8.87. The molecule has 1 fully saturated rings. The van der Waals surface area contributed by atoms with Gasteiger partial charge in [-0.15, -0.1) is 0 Å². The number of halogens is 3. The molecule has 2 amide bonds. The average molecular weight is 713 g/mol. The number of anilines is 1. The van der Waals surface area contributed by atoms with Gasteiger partial charge >= 0.3 is 0 Å². The van der Waals surface area contributed by atoms with Gasteiger partial charge in [-0.1, -0.05) is 121 Å². The quantitative estimate of drug-likeness (QED) is 0.162. The zero-order chi connectivity index (χ0) is 33.4. The van der Waals surface area contributed by atoms with Crippen molar-refractivity contribution in [1.29, 1.82) is 0 Å². The number of sulfonamides is 1. The summed E-state index contributed by atoms with van der Waals surface area (Å²) in [7, 11) is -4.31. The molecule has 0 heterocycles. The van der Waals surface area contributed by atoms with E-state index in [1.807, 2.05) is 36.4 Å². The first-order chi connectivity index (χ1) is 22.6.